The molecule has 1 N–H and O–H groups in total. The number of amides is 1. The van der Waals surface area contributed by atoms with E-state index < -0.39 is 0 Å². The lowest BCUT2D eigenvalue weighted by molar-refractivity contribution is 0.0666. The highest BCUT2D eigenvalue weighted by Gasteiger charge is 2.33. The SMILES string of the molecule is O=C1c2ccccc2NC(c2ccc(Br)cc2)N1Cc1ccc2c(c1)OCO2. The first-order chi connectivity index (χ1) is 13.7. The van der Waals surface area contributed by atoms with Crippen LogP contribution in [0.2, 0.25) is 0 Å². The van der Waals surface area contributed by atoms with Crippen molar-refractivity contribution < 1.29 is 14.3 Å². The Morgan fingerprint density at radius 3 is 2.64 bits per heavy atom. The Morgan fingerprint density at radius 2 is 1.79 bits per heavy atom. The van der Waals surface area contributed by atoms with Gasteiger partial charge in [0.15, 0.2) is 11.5 Å². The number of halogens is 1. The summed E-state index contributed by atoms with van der Waals surface area (Å²) in [4.78, 5) is 15.2. The molecule has 6 heteroatoms. The average Bonchev–Trinajstić information content (AvgIpc) is 3.18. The third-order valence-corrected chi connectivity index (χ3v) is 5.53. The van der Waals surface area contributed by atoms with Crippen LogP contribution >= 0.6 is 15.9 Å². The van der Waals surface area contributed by atoms with E-state index in [2.05, 4.69) is 21.2 Å². The van der Waals surface area contributed by atoms with Gasteiger partial charge in [-0.05, 0) is 47.5 Å². The number of carbonyl (C=O) groups excluding carboxylic acids is 1. The molecule has 0 fully saturated rings. The van der Waals surface area contributed by atoms with E-state index in [1.807, 2.05) is 71.6 Å². The fourth-order valence-electron chi connectivity index (χ4n) is 3.60. The molecule has 1 amide bonds. The van der Waals surface area contributed by atoms with Crippen molar-refractivity contribution in [3.05, 3.63) is 87.9 Å². The summed E-state index contributed by atoms with van der Waals surface area (Å²) in [5.74, 6) is 1.46. The zero-order valence-corrected chi connectivity index (χ0v) is 16.5. The summed E-state index contributed by atoms with van der Waals surface area (Å²) in [5, 5.41) is 3.52. The van der Waals surface area contributed by atoms with Gasteiger partial charge in [-0.2, -0.15) is 0 Å². The molecule has 0 aliphatic carbocycles. The van der Waals surface area contributed by atoms with E-state index in [9.17, 15) is 4.79 Å². The molecule has 1 atom stereocenters. The number of anilines is 1. The van der Waals surface area contributed by atoms with E-state index in [0.717, 1.165) is 32.8 Å². The van der Waals surface area contributed by atoms with Crippen molar-refractivity contribution in [2.45, 2.75) is 12.7 Å². The lowest BCUT2D eigenvalue weighted by atomic mass is 10.0. The van der Waals surface area contributed by atoms with Gasteiger partial charge in [-0.1, -0.05) is 46.3 Å². The molecule has 0 aromatic heterocycles. The predicted molar refractivity (Wildman–Crippen MR) is 109 cm³/mol. The second-order valence-electron chi connectivity index (χ2n) is 6.76. The Kier molecular flexibility index (Phi) is 4.20. The number of nitrogens with one attached hydrogen (secondary N) is 1. The lowest BCUT2D eigenvalue weighted by Crippen LogP contribution is -2.42. The van der Waals surface area contributed by atoms with Crippen LogP contribution in [-0.4, -0.2) is 17.6 Å². The molecule has 0 spiro atoms. The van der Waals surface area contributed by atoms with E-state index in [1.54, 1.807) is 0 Å². The molecule has 0 bridgehead atoms. The number of fused-ring (bicyclic) bond motifs is 2. The van der Waals surface area contributed by atoms with E-state index in [1.165, 1.54) is 0 Å². The number of nitrogens with zero attached hydrogens (tertiary/aromatic N) is 1. The Morgan fingerprint density at radius 1 is 1.00 bits per heavy atom. The molecule has 0 saturated carbocycles. The Labute approximate surface area is 171 Å². The van der Waals surface area contributed by atoms with Gasteiger partial charge in [0.2, 0.25) is 6.79 Å². The van der Waals surface area contributed by atoms with Crippen LogP contribution in [0.3, 0.4) is 0 Å². The van der Waals surface area contributed by atoms with Crippen LogP contribution in [0, 0.1) is 0 Å². The first-order valence-electron chi connectivity index (χ1n) is 8.99. The number of ether oxygens (including phenoxy) is 2. The van der Waals surface area contributed by atoms with E-state index >= 15 is 0 Å². The van der Waals surface area contributed by atoms with Gasteiger partial charge in [-0.3, -0.25) is 4.79 Å². The van der Waals surface area contributed by atoms with Crippen molar-refractivity contribution in [2.75, 3.05) is 12.1 Å². The van der Waals surface area contributed by atoms with Crippen molar-refractivity contribution in [2.24, 2.45) is 0 Å². The summed E-state index contributed by atoms with van der Waals surface area (Å²) in [5.41, 5.74) is 3.53. The molecule has 28 heavy (non-hydrogen) atoms. The molecule has 0 saturated heterocycles. The zero-order valence-electron chi connectivity index (χ0n) is 14.9. The monoisotopic (exact) mass is 436 g/mol. The highest BCUT2D eigenvalue weighted by molar-refractivity contribution is 9.10. The summed E-state index contributed by atoms with van der Waals surface area (Å²) >= 11 is 3.48. The maximum absolute atomic E-state index is 13.3. The lowest BCUT2D eigenvalue weighted by Gasteiger charge is -2.38. The molecule has 1 unspecified atom stereocenters. The number of benzene rings is 3. The minimum absolute atomic E-state index is 0.0000596. The molecule has 5 nitrogen and oxygen atoms in total. The third kappa shape index (κ3) is 2.99. The number of rotatable bonds is 3. The van der Waals surface area contributed by atoms with Crippen LogP contribution in [0.15, 0.2) is 71.2 Å². The van der Waals surface area contributed by atoms with Gasteiger partial charge in [0.05, 0.1) is 5.56 Å². The minimum Gasteiger partial charge on any atom is -0.454 e. The Bertz CT molecular complexity index is 1050. The van der Waals surface area contributed by atoms with Gasteiger partial charge in [0.25, 0.3) is 5.91 Å². The average molecular weight is 437 g/mol. The summed E-state index contributed by atoms with van der Waals surface area (Å²) in [6.07, 6.45) is -0.263. The van der Waals surface area contributed by atoms with Crippen molar-refractivity contribution in [1.29, 1.82) is 0 Å². The topological polar surface area (TPSA) is 50.8 Å². The highest BCUT2D eigenvalue weighted by Crippen LogP contribution is 2.37. The molecule has 2 heterocycles. The van der Waals surface area contributed by atoms with Crippen LogP contribution in [0.4, 0.5) is 5.69 Å². The Hall–Kier alpha value is -2.99. The first kappa shape index (κ1) is 17.1. The van der Waals surface area contributed by atoms with E-state index in [4.69, 9.17) is 9.47 Å². The second-order valence-corrected chi connectivity index (χ2v) is 7.68. The number of hydrogen-bond acceptors (Lipinski definition) is 4. The zero-order chi connectivity index (χ0) is 19.1. The van der Waals surface area contributed by atoms with Crippen molar-refractivity contribution >= 4 is 27.5 Å². The van der Waals surface area contributed by atoms with E-state index in [0.29, 0.717) is 12.1 Å². The summed E-state index contributed by atoms with van der Waals surface area (Å²) < 4.78 is 11.9. The fourth-order valence-corrected chi connectivity index (χ4v) is 3.86. The van der Waals surface area contributed by atoms with Crippen molar-refractivity contribution in [3.63, 3.8) is 0 Å². The standard InChI is InChI=1S/C22H17BrN2O3/c23-16-8-6-15(7-9-16)21-24-18-4-2-1-3-17(18)22(26)25(21)12-14-5-10-19-20(11-14)28-13-27-19/h1-11,21,24H,12-13H2. The maximum atomic E-state index is 13.3. The third-order valence-electron chi connectivity index (χ3n) is 5.00. The first-order valence-corrected chi connectivity index (χ1v) is 9.79. The van der Waals surface area contributed by atoms with Gasteiger partial charge < -0.3 is 19.7 Å². The van der Waals surface area contributed by atoms with Gasteiger partial charge in [0.1, 0.15) is 6.17 Å². The molecule has 140 valence electrons. The van der Waals surface area contributed by atoms with Crippen molar-refractivity contribution in [3.8, 4) is 11.5 Å². The molecule has 2 aliphatic heterocycles. The fraction of sp³-hybridized carbons (Fsp3) is 0.136. The summed E-state index contributed by atoms with van der Waals surface area (Å²) in [6, 6.07) is 21.4. The maximum Gasteiger partial charge on any atom is 0.258 e. The highest BCUT2D eigenvalue weighted by atomic mass is 79.9. The van der Waals surface area contributed by atoms with Gasteiger partial charge in [-0.25, -0.2) is 0 Å². The van der Waals surface area contributed by atoms with Crippen LogP contribution in [0.25, 0.3) is 0 Å². The number of carbonyl (C=O) groups is 1. The predicted octanol–water partition coefficient (Wildman–Crippen LogP) is 4.94. The largest absolute Gasteiger partial charge is 0.454 e. The molecule has 3 aromatic carbocycles. The number of hydrogen-bond donors (Lipinski definition) is 1. The van der Waals surface area contributed by atoms with Crippen molar-refractivity contribution in [1.82, 2.24) is 4.90 Å². The van der Waals surface area contributed by atoms with Gasteiger partial charge >= 0.3 is 0 Å². The van der Waals surface area contributed by atoms with Crippen LogP contribution in [0.1, 0.15) is 27.7 Å². The molecular formula is C22H17BrN2O3. The molecular weight excluding hydrogens is 420 g/mol. The van der Waals surface area contributed by atoms with E-state index in [-0.39, 0.29) is 18.9 Å². The van der Waals surface area contributed by atoms with Gasteiger partial charge in [-0.15, -0.1) is 0 Å². The number of para-hydroxylation sites is 1. The molecule has 3 aromatic rings. The normalized spacial score (nSPS) is 17.2. The molecule has 5 rings (SSSR count). The Balaban J connectivity index is 1.53. The minimum atomic E-state index is -0.263. The van der Waals surface area contributed by atoms with Crippen LogP contribution in [0.5, 0.6) is 11.5 Å². The van der Waals surface area contributed by atoms with Crippen LogP contribution < -0.4 is 14.8 Å². The summed E-state index contributed by atoms with van der Waals surface area (Å²) in [6.45, 7) is 0.690. The van der Waals surface area contributed by atoms with Gasteiger partial charge in [0, 0.05) is 16.7 Å². The quantitative estimate of drug-likeness (QED) is 0.631. The molecule has 0 radical (unpaired) electrons. The van der Waals surface area contributed by atoms with Crippen LogP contribution in [-0.2, 0) is 6.54 Å². The smallest absolute Gasteiger partial charge is 0.258 e. The second kappa shape index (κ2) is 6.87. The summed E-state index contributed by atoms with van der Waals surface area (Å²) in [7, 11) is 0. The molecule has 2 aliphatic rings.